The van der Waals surface area contributed by atoms with Gasteiger partial charge in [0.1, 0.15) is 6.04 Å². The average Bonchev–Trinajstić information content (AvgIpc) is 2.83. The van der Waals surface area contributed by atoms with Crippen LogP contribution in [0.2, 0.25) is 0 Å². The number of nitrogens with zero attached hydrogens (tertiary/aromatic N) is 1. The van der Waals surface area contributed by atoms with E-state index in [1.54, 1.807) is 6.92 Å². The van der Waals surface area contributed by atoms with E-state index in [1.807, 2.05) is 18.2 Å². The fraction of sp³-hybridized carbons (Fsp3) is 0.308. The lowest BCUT2D eigenvalue weighted by Crippen LogP contribution is -2.46. The Bertz CT molecular complexity index is 666. The molecule has 1 aromatic carbocycles. The number of fused-ring (bicyclic) bond motifs is 1. The normalized spacial score (nSPS) is 12.1. The number of nitrogen functional groups attached to an aromatic ring is 1. The number of anilines is 1. The standard InChI is InChI=1S/C13H18N6O2/c1-7(17-11(20)5-14)12(21)16-6-8-2-3-9-10(4-8)19-13(15)18-9/h2-4,7H,5-6,14H2,1H3,(H,16,21)(H,17,20)(H3,15,18,19). The predicted molar refractivity (Wildman–Crippen MR) is 79.0 cm³/mol. The Kier molecular flexibility index (Phi) is 4.39. The summed E-state index contributed by atoms with van der Waals surface area (Å²) < 4.78 is 0. The van der Waals surface area contributed by atoms with Crippen LogP contribution in [0.5, 0.6) is 0 Å². The third kappa shape index (κ3) is 3.69. The zero-order valence-corrected chi connectivity index (χ0v) is 11.6. The van der Waals surface area contributed by atoms with Gasteiger partial charge < -0.3 is 27.1 Å². The zero-order chi connectivity index (χ0) is 15.4. The Hall–Kier alpha value is -2.61. The third-order valence-electron chi connectivity index (χ3n) is 2.99. The van der Waals surface area contributed by atoms with Crippen LogP contribution in [0.3, 0.4) is 0 Å². The number of amides is 2. The number of imidazole rings is 1. The van der Waals surface area contributed by atoms with Gasteiger partial charge in [-0.3, -0.25) is 9.59 Å². The fourth-order valence-corrected chi connectivity index (χ4v) is 1.89. The summed E-state index contributed by atoms with van der Waals surface area (Å²) in [6.07, 6.45) is 0. The minimum Gasteiger partial charge on any atom is -0.369 e. The number of aromatic nitrogens is 2. The van der Waals surface area contributed by atoms with E-state index in [9.17, 15) is 9.59 Å². The maximum absolute atomic E-state index is 11.8. The molecule has 1 heterocycles. The van der Waals surface area contributed by atoms with E-state index >= 15 is 0 Å². The number of rotatable bonds is 5. The number of benzene rings is 1. The van der Waals surface area contributed by atoms with E-state index in [0.717, 1.165) is 16.6 Å². The number of nitrogens with two attached hydrogens (primary N) is 2. The van der Waals surface area contributed by atoms with Crippen molar-refractivity contribution in [2.45, 2.75) is 19.5 Å². The van der Waals surface area contributed by atoms with Gasteiger partial charge in [-0.15, -0.1) is 0 Å². The van der Waals surface area contributed by atoms with Gasteiger partial charge >= 0.3 is 0 Å². The summed E-state index contributed by atoms with van der Waals surface area (Å²) in [7, 11) is 0. The second kappa shape index (κ2) is 6.23. The van der Waals surface area contributed by atoms with Crippen LogP contribution in [0, 0.1) is 0 Å². The molecule has 112 valence electrons. The summed E-state index contributed by atoms with van der Waals surface area (Å²) in [5, 5.41) is 5.23. The first-order valence-electron chi connectivity index (χ1n) is 6.51. The first-order chi connectivity index (χ1) is 9.99. The summed E-state index contributed by atoms with van der Waals surface area (Å²) in [6.45, 7) is 1.80. The topological polar surface area (TPSA) is 139 Å². The number of carbonyl (C=O) groups excluding carboxylic acids is 2. The highest BCUT2D eigenvalue weighted by atomic mass is 16.2. The minimum absolute atomic E-state index is 0.143. The van der Waals surface area contributed by atoms with Crippen molar-refractivity contribution >= 4 is 28.8 Å². The second-order valence-electron chi connectivity index (χ2n) is 4.68. The SMILES string of the molecule is CC(NC(=O)CN)C(=O)NCc1ccc2nc(N)[nH]c2c1. The van der Waals surface area contributed by atoms with Crippen LogP contribution >= 0.6 is 0 Å². The number of nitrogens with one attached hydrogen (secondary N) is 3. The fourth-order valence-electron chi connectivity index (χ4n) is 1.89. The maximum atomic E-state index is 11.8. The summed E-state index contributed by atoms with van der Waals surface area (Å²) in [4.78, 5) is 30.0. The highest BCUT2D eigenvalue weighted by molar-refractivity contribution is 5.88. The van der Waals surface area contributed by atoms with Gasteiger partial charge in [0, 0.05) is 6.54 Å². The van der Waals surface area contributed by atoms with E-state index in [2.05, 4.69) is 20.6 Å². The molecule has 0 aliphatic rings. The Morgan fingerprint density at radius 1 is 1.43 bits per heavy atom. The molecule has 0 saturated heterocycles. The molecule has 1 atom stereocenters. The van der Waals surface area contributed by atoms with Crippen LogP contribution in [-0.4, -0.2) is 34.4 Å². The van der Waals surface area contributed by atoms with Crippen molar-refractivity contribution in [2.24, 2.45) is 5.73 Å². The Morgan fingerprint density at radius 2 is 2.19 bits per heavy atom. The van der Waals surface area contributed by atoms with Gasteiger partial charge in [-0.1, -0.05) is 6.07 Å². The molecule has 2 aromatic rings. The van der Waals surface area contributed by atoms with Crippen LogP contribution in [0.25, 0.3) is 11.0 Å². The lowest BCUT2D eigenvalue weighted by Gasteiger charge is -2.13. The van der Waals surface area contributed by atoms with Crippen molar-refractivity contribution in [2.75, 3.05) is 12.3 Å². The molecule has 21 heavy (non-hydrogen) atoms. The number of aromatic amines is 1. The van der Waals surface area contributed by atoms with Crippen molar-refractivity contribution in [3.8, 4) is 0 Å². The molecule has 2 amide bonds. The molecule has 8 heteroatoms. The van der Waals surface area contributed by atoms with E-state index in [-0.39, 0.29) is 18.4 Å². The summed E-state index contributed by atoms with van der Waals surface area (Å²) in [5.41, 5.74) is 13.2. The van der Waals surface area contributed by atoms with Gasteiger partial charge in [-0.05, 0) is 24.6 Å². The summed E-state index contributed by atoms with van der Waals surface area (Å²) in [6, 6.07) is 4.91. The average molecular weight is 290 g/mol. The van der Waals surface area contributed by atoms with E-state index in [1.165, 1.54) is 0 Å². The van der Waals surface area contributed by atoms with Gasteiger partial charge in [0.2, 0.25) is 11.8 Å². The lowest BCUT2D eigenvalue weighted by atomic mass is 10.2. The first-order valence-corrected chi connectivity index (χ1v) is 6.51. The molecular weight excluding hydrogens is 272 g/mol. The van der Waals surface area contributed by atoms with Crippen molar-refractivity contribution in [1.29, 1.82) is 0 Å². The molecule has 0 aliphatic carbocycles. The molecule has 0 saturated carbocycles. The van der Waals surface area contributed by atoms with Gasteiger partial charge in [0.25, 0.3) is 0 Å². The van der Waals surface area contributed by atoms with Crippen LogP contribution < -0.4 is 22.1 Å². The van der Waals surface area contributed by atoms with E-state index in [0.29, 0.717) is 12.5 Å². The zero-order valence-electron chi connectivity index (χ0n) is 11.6. The van der Waals surface area contributed by atoms with Crippen LogP contribution in [0.4, 0.5) is 5.95 Å². The molecule has 1 aromatic heterocycles. The minimum atomic E-state index is -0.632. The molecule has 0 radical (unpaired) electrons. The molecule has 0 fully saturated rings. The predicted octanol–water partition coefficient (Wildman–Crippen LogP) is -0.775. The van der Waals surface area contributed by atoms with Gasteiger partial charge in [0.05, 0.1) is 17.6 Å². The smallest absolute Gasteiger partial charge is 0.242 e. The third-order valence-corrected chi connectivity index (χ3v) is 2.99. The Morgan fingerprint density at radius 3 is 2.90 bits per heavy atom. The molecule has 0 aliphatic heterocycles. The maximum Gasteiger partial charge on any atom is 0.242 e. The van der Waals surface area contributed by atoms with Gasteiger partial charge in [0.15, 0.2) is 5.95 Å². The van der Waals surface area contributed by atoms with Crippen LogP contribution in [-0.2, 0) is 16.1 Å². The van der Waals surface area contributed by atoms with Gasteiger partial charge in [-0.25, -0.2) is 4.98 Å². The number of hydrogen-bond donors (Lipinski definition) is 5. The van der Waals surface area contributed by atoms with Crippen molar-refractivity contribution in [3.05, 3.63) is 23.8 Å². The van der Waals surface area contributed by atoms with Gasteiger partial charge in [-0.2, -0.15) is 0 Å². The molecule has 7 N–H and O–H groups in total. The molecule has 0 bridgehead atoms. The highest BCUT2D eigenvalue weighted by Gasteiger charge is 2.14. The largest absolute Gasteiger partial charge is 0.369 e. The van der Waals surface area contributed by atoms with Crippen LogP contribution in [0.15, 0.2) is 18.2 Å². The lowest BCUT2D eigenvalue weighted by molar-refractivity contribution is -0.128. The number of hydrogen-bond acceptors (Lipinski definition) is 5. The molecule has 0 spiro atoms. The quantitative estimate of drug-likeness (QED) is 0.492. The van der Waals surface area contributed by atoms with Crippen molar-refractivity contribution < 1.29 is 9.59 Å². The molecule has 1 unspecified atom stereocenters. The van der Waals surface area contributed by atoms with E-state index in [4.69, 9.17) is 11.5 Å². The van der Waals surface area contributed by atoms with Crippen LogP contribution in [0.1, 0.15) is 12.5 Å². The second-order valence-corrected chi connectivity index (χ2v) is 4.68. The Labute approximate surface area is 121 Å². The number of H-pyrrole nitrogens is 1. The van der Waals surface area contributed by atoms with E-state index < -0.39 is 6.04 Å². The molecule has 8 nitrogen and oxygen atoms in total. The first kappa shape index (κ1) is 14.8. The summed E-state index contributed by atoms with van der Waals surface area (Å²) >= 11 is 0. The van der Waals surface area contributed by atoms with Crippen molar-refractivity contribution in [1.82, 2.24) is 20.6 Å². The van der Waals surface area contributed by atoms with Crippen molar-refractivity contribution in [3.63, 3.8) is 0 Å². The molecular formula is C13H18N6O2. The highest BCUT2D eigenvalue weighted by Crippen LogP contribution is 2.14. The Balaban J connectivity index is 1.94. The summed E-state index contributed by atoms with van der Waals surface area (Å²) in [5.74, 6) is -0.294. The number of carbonyl (C=O) groups is 2. The monoisotopic (exact) mass is 290 g/mol. The molecule has 2 rings (SSSR count).